The molecule has 0 aromatic carbocycles. The van der Waals surface area contributed by atoms with Crippen LogP contribution in [0.4, 0.5) is 0 Å². The van der Waals surface area contributed by atoms with Crippen LogP contribution in [0.1, 0.15) is 71.1 Å². The summed E-state index contributed by atoms with van der Waals surface area (Å²) in [4.78, 5) is 0. The Labute approximate surface area is 88.9 Å². The summed E-state index contributed by atoms with van der Waals surface area (Å²) in [5.41, 5.74) is 0. The third-order valence-corrected chi connectivity index (χ3v) is 3.47. The first-order valence-electron chi connectivity index (χ1n) is 6.51. The fourth-order valence-corrected chi connectivity index (χ4v) is 2.56. The Balaban J connectivity index is 1.95. The Morgan fingerprint density at radius 2 is 1.86 bits per heavy atom. The highest BCUT2D eigenvalue weighted by molar-refractivity contribution is 4.71. The predicted molar refractivity (Wildman–Crippen MR) is 61.3 cm³/mol. The van der Waals surface area contributed by atoms with Gasteiger partial charge >= 0.3 is 0 Å². The number of hydrogen-bond donors (Lipinski definition) is 1. The fraction of sp³-hybridized carbons (Fsp3) is 1.00. The van der Waals surface area contributed by atoms with Crippen LogP contribution in [0.25, 0.3) is 0 Å². The second kappa shape index (κ2) is 7.28. The molecular formula is C13H26O. The minimum atomic E-state index is 0.0180. The van der Waals surface area contributed by atoms with Gasteiger partial charge in [-0.15, -0.1) is 0 Å². The van der Waals surface area contributed by atoms with E-state index in [1.807, 2.05) is 0 Å². The molecule has 1 aliphatic rings. The molecule has 1 aliphatic carbocycles. The first-order valence-corrected chi connectivity index (χ1v) is 6.51. The molecule has 2 atom stereocenters. The Morgan fingerprint density at radius 1 is 1.07 bits per heavy atom. The average Bonchev–Trinajstić information content (AvgIpc) is 2.18. The van der Waals surface area contributed by atoms with E-state index in [1.165, 1.54) is 51.4 Å². The van der Waals surface area contributed by atoms with Gasteiger partial charge in [0.1, 0.15) is 0 Å². The van der Waals surface area contributed by atoms with Crippen LogP contribution in [-0.4, -0.2) is 11.2 Å². The molecule has 14 heavy (non-hydrogen) atoms. The van der Waals surface area contributed by atoms with Gasteiger partial charge in [0, 0.05) is 0 Å². The zero-order chi connectivity index (χ0) is 10.2. The standard InChI is InChI=1S/C13H26O/c1-2-3-4-5-6-8-12-9-7-10-13(14)11-12/h12-14H,2-11H2,1H3. The fourth-order valence-electron chi connectivity index (χ4n) is 2.56. The summed E-state index contributed by atoms with van der Waals surface area (Å²) in [6, 6.07) is 0. The number of aliphatic hydroxyl groups excluding tert-OH is 1. The van der Waals surface area contributed by atoms with E-state index in [0.29, 0.717) is 0 Å². The van der Waals surface area contributed by atoms with E-state index < -0.39 is 0 Å². The number of unbranched alkanes of at least 4 members (excludes halogenated alkanes) is 4. The van der Waals surface area contributed by atoms with Crippen LogP contribution in [0.3, 0.4) is 0 Å². The van der Waals surface area contributed by atoms with Gasteiger partial charge in [-0.2, -0.15) is 0 Å². The molecule has 0 aliphatic heterocycles. The van der Waals surface area contributed by atoms with Crippen LogP contribution >= 0.6 is 0 Å². The van der Waals surface area contributed by atoms with Gasteiger partial charge in [0.05, 0.1) is 6.10 Å². The number of hydrogen-bond acceptors (Lipinski definition) is 1. The van der Waals surface area contributed by atoms with Crippen molar-refractivity contribution < 1.29 is 5.11 Å². The molecule has 1 rings (SSSR count). The average molecular weight is 198 g/mol. The minimum absolute atomic E-state index is 0.0180. The van der Waals surface area contributed by atoms with E-state index in [1.54, 1.807) is 0 Å². The Morgan fingerprint density at radius 3 is 2.57 bits per heavy atom. The second-order valence-corrected chi connectivity index (χ2v) is 4.89. The van der Waals surface area contributed by atoms with Gasteiger partial charge in [0.15, 0.2) is 0 Å². The maximum absolute atomic E-state index is 9.52. The van der Waals surface area contributed by atoms with Gasteiger partial charge in [-0.05, 0) is 18.8 Å². The van der Waals surface area contributed by atoms with Crippen molar-refractivity contribution in [3.8, 4) is 0 Å². The zero-order valence-corrected chi connectivity index (χ0v) is 9.67. The highest BCUT2D eigenvalue weighted by Gasteiger charge is 2.19. The molecule has 1 heteroatoms. The maximum atomic E-state index is 9.52. The van der Waals surface area contributed by atoms with E-state index >= 15 is 0 Å². The first-order chi connectivity index (χ1) is 6.83. The van der Waals surface area contributed by atoms with Gasteiger partial charge in [-0.25, -0.2) is 0 Å². The number of rotatable bonds is 6. The second-order valence-electron chi connectivity index (χ2n) is 4.89. The van der Waals surface area contributed by atoms with Crippen molar-refractivity contribution in [3.63, 3.8) is 0 Å². The Bertz CT molecular complexity index is 133. The van der Waals surface area contributed by atoms with Crippen LogP contribution < -0.4 is 0 Å². The molecule has 0 heterocycles. The first kappa shape index (κ1) is 12.0. The lowest BCUT2D eigenvalue weighted by Gasteiger charge is -2.25. The summed E-state index contributed by atoms with van der Waals surface area (Å²) in [6.45, 7) is 2.26. The predicted octanol–water partition coefficient (Wildman–Crippen LogP) is 3.90. The molecule has 1 nitrogen and oxygen atoms in total. The zero-order valence-electron chi connectivity index (χ0n) is 9.67. The van der Waals surface area contributed by atoms with Crippen molar-refractivity contribution in [1.82, 2.24) is 0 Å². The summed E-state index contributed by atoms with van der Waals surface area (Å²) in [6.07, 6.45) is 13.1. The van der Waals surface area contributed by atoms with E-state index in [0.717, 1.165) is 18.8 Å². The van der Waals surface area contributed by atoms with Gasteiger partial charge in [-0.3, -0.25) is 0 Å². The number of aliphatic hydroxyl groups is 1. The van der Waals surface area contributed by atoms with Gasteiger partial charge in [0.2, 0.25) is 0 Å². The van der Waals surface area contributed by atoms with Crippen molar-refractivity contribution in [2.75, 3.05) is 0 Å². The molecule has 84 valence electrons. The molecule has 1 N–H and O–H groups in total. The molecule has 0 bridgehead atoms. The normalized spacial score (nSPS) is 27.9. The van der Waals surface area contributed by atoms with Crippen molar-refractivity contribution in [2.24, 2.45) is 5.92 Å². The van der Waals surface area contributed by atoms with Gasteiger partial charge in [-0.1, -0.05) is 58.3 Å². The lowest BCUT2D eigenvalue weighted by atomic mass is 9.84. The van der Waals surface area contributed by atoms with Crippen LogP contribution in [-0.2, 0) is 0 Å². The van der Waals surface area contributed by atoms with Crippen LogP contribution in [0.2, 0.25) is 0 Å². The van der Waals surface area contributed by atoms with Gasteiger partial charge < -0.3 is 5.11 Å². The van der Waals surface area contributed by atoms with E-state index in [-0.39, 0.29) is 6.10 Å². The summed E-state index contributed by atoms with van der Waals surface area (Å²) < 4.78 is 0. The molecule has 0 aromatic rings. The molecular weight excluding hydrogens is 172 g/mol. The van der Waals surface area contributed by atoms with Crippen LogP contribution in [0, 0.1) is 5.92 Å². The third kappa shape index (κ3) is 4.99. The Hall–Kier alpha value is -0.0400. The molecule has 0 amide bonds. The van der Waals surface area contributed by atoms with E-state index in [9.17, 15) is 5.11 Å². The minimum Gasteiger partial charge on any atom is -0.393 e. The molecule has 0 aromatic heterocycles. The van der Waals surface area contributed by atoms with E-state index in [4.69, 9.17) is 0 Å². The monoisotopic (exact) mass is 198 g/mol. The topological polar surface area (TPSA) is 20.2 Å². The van der Waals surface area contributed by atoms with Crippen LogP contribution in [0.5, 0.6) is 0 Å². The SMILES string of the molecule is CCCCCCCC1CCCC(O)C1. The van der Waals surface area contributed by atoms with Crippen molar-refractivity contribution in [2.45, 2.75) is 77.2 Å². The Kier molecular flexibility index (Phi) is 6.25. The quantitative estimate of drug-likeness (QED) is 0.642. The van der Waals surface area contributed by atoms with E-state index in [2.05, 4.69) is 6.92 Å². The smallest absolute Gasteiger partial charge is 0.0542 e. The molecule has 2 unspecified atom stereocenters. The maximum Gasteiger partial charge on any atom is 0.0542 e. The molecule has 0 spiro atoms. The molecule has 1 fully saturated rings. The molecule has 1 saturated carbocycles. The van der Waals surface area contributed by atoms with Crippen molar-refractivity contribution in [3.05, 3.63) is 0 Å². The van der Waals surface area contributed by atoms with Crippen molar-refractivity contribution >= 4 is 0 Å². The van der Waals surface area contributed by atoms with Crippen molar-refractivity contribution in [1.29, 1.82) is 0 Å². The highest BCUT2D eigenvalue weighted by Crippen LogP contribution is 2.28. The summed E-state index contributed by atoms with van der Waals surface area (Å²) >= 11 is 0. The summed E-state index contributed by atoms with van der Waals surface area (Å²) in [7, 11) is 0. The molecule has 0 saturated heterocycles. The summed E-state index contributed by atoms with van der Waals surface area (Å²) in [5.74, 6) is 0.834. The summed E-state index contributed by atoms with van der Waals surface area (Å²) in [5, 5.41) is 9.52. The molecule has 0 radical (unpaired) electrons. The lowest BCUT2D eigenvalue weighted by Crippen LogP contribution is -2.19. The lowest BCUT2D eigenvalue weighted by molar-refractivity contribution is 0.0973. The van der Waals surface area contributed by atoms with Crippen LogP contribution in [0.15, 0.2) is 0 Å². The van der Waals surface area contributed by atoms with Gasteiger partial charge in [0.25, 0.3) is 0 Å². The third-order valence-electron chi connectivity index (χ3n) is 3.47. The highest BCUT2D eigenvalue weighted by atomic mass is 16.3. The largest absolute Gasteiger partial charge is 0.393 e.